The zero-order valence-corrected chi connectivity index (χ0v) is 13.4. The van der Waals surface area contributed by atoms with Gasteiger partial charge in [0.2, 0.25) is 5.91 Å². The van der Waals surface area contributed by atoms with Crippen LogP contribution in [0, 0.1) is 5.92 Å². The van der Waals surface area contributed by atoms with E-state index in [1.54, 1.807) is 0 Å². The van der Waals surface area contributed by atoms with Gasteiger partial charge in [-0.05, 0) is 37.2 Å². The standard InChI is InChI=1S/C18H27N3O/c22-17(8-5-13-3-1-2-4-13)21-11-9-15-16(10-12-21)19-20-18(15)14-6-7-14/h13-14H,1-12H2,(H,19,20). The van der Waals surface area contributed by atoms with E-state index in [4.69, 9.17) is 0 Å². The van der Waals surface area contributed by atoms with E-state index in [-0.39, 0.29) is 0 Å². The third-order valence-electron chi connectivity index (χ3n) is 5.81. The Morgan fingerprint density at radius 3 is 2.68 bits per heavy atom. The highest BCUT2D eigenvalue weighted by Crippen LogP contribution is 2.41. The van der Waals surface area contributed by atoms with Crippen LogP contribution >= 0.6 is 0 Å². The van der Waals surface area contributed by atoms with Crippen molar-refractivity contribution >= 4 is 5.91 Å². The fourth-order valence-electron chi connectivity index (χ4n) is 4.24. The van der Waals surface area contributed by atoms with E-state index in [0.717, 1.165) is 44.7 Å². The summed E-state index contributed by atoms with van der Waals surface area (Å²) in [4.78, 5) is 14.6. The molecule has 2 heterocycles. The van der Waals surface area contributed by atoms with E-state index >= 15 is 0 Å². The van der Waals surface area contributed by atoms with Crippen LogP contribution in [0.4, 0.5) is 0 Å². The van der Waals surface area contributed by atoms with E-state index in [1.807, 2.05) is 0 Å². The minimum atomic E-state index is 0.373. The van der Waals surface area contributed by atoms with Crippen molar-refractivity contribution in [2.24, 2.45) is 5.92 Å². The Bertz CT molecular complexity index is 541. The van der Waals surface area contributed by atoms with Gasteiger partial charge in [-0.3, -0.25) is 9.89 Å². The van der Waals surface area contributed by atoms with Crippen LogP contribution in [0.2, 0.25) is 0 Å². The lowest BCUT2D eigenvalue weighted by Crippen LogP contribution is -2.33. The number of rotatable bonds is 4. The zero-order chi connectivity index (χ0) is 14.9. The number of amides is 1. The fraction of sp³-hybridized carbons (Fsp3) is 0.778. The second kappa shape index (κ2) is 6.05. The second-order valence-electron chi connectivity index (χ2n) is 7.41. The Kier molecular flexibility index (Phi) is 3.93. The van der Waals surface area contributed by atoms with Crippen LogP contribution in [0.1, 0.15) is 74.2 Å². The molecule has 120 valence electrons. The Labute approximate surface area is 132 Å². The first-order valence-corrected chi connectivity index (χ1v) is 9.15. The molecule has 0 bridgehead atoms. The largest absolute Gasteiger partial charge is 0.342 e. The molecule has 2 saturated carbocycles. The van der Waals surface area contributed by atoms with Crippen molar-refractivity contribution in [3.63, 3.8) is 0 Å². The van der Waals surface area contributed by atoms with Gasteiger partial charge in [0.1, 0.15) is 0 Å². The number of H-pyrrole nitrogens is 1. The highest BCUT2D eigenvalue weighted by atomic mass is 16.2. The lowest BCUT2D eigenvalue weighted by Gasteiger charge is -2.21. The summed E-state index contributed by atoms with van der Waals surface area (Å²) in [6.07, 6.45) is 11.8. The van der Waals surface area contributed by atoms with Gasteiger partial charge in [-0.15, -0.1) is 0 Å². The van der Waals surface area contributed by atoms with Crippen molar-refractivity contribution in [2.45, 2.75) is 70.1 Å². The molecule has 0 spiro atoms. The number of hydrogen-bond acceptors (Lipinski definition) is 2. The van der Waals surface area contributed by atoms with Crippen molar-refractivity contribution in [1.29, 1.82) is 0 Å². The van der Waals surface area contributed by atoms with E-state index in [9.17, 15) is 4.79 Å². The predicted octanol–water partition coefficient (Wildman–Crippen LogP) is 3.18. The summed E-state index contributed by atoms with van der Waals surface area (Å²) in [6, 6.07) is 0. The summed E-state index contributed by atoms with van der Waals surface area (Å²) in [5, 5.41) is 7.77. The predicted molar refractivity (Wildman–Crippen MR) is 85.7 cm³/mol. The van der Waals surface area contributed by atoms with Crippen LogP contribution in [-0.2, 0) is 17.6 Å². The Hall–Kier alpha value is -1.32. The van der Waals surface area contributed by atoms with Crippen molar-refractivity contribution in [3.8, 4) is 0 Å². The highest BCUT2D eigenvalue weighted by molar-refractivity contribution is 5.76. The Balaban J connectivity index is 1.33. The van der Waals surface area contributed by atoms with E-state index in [1.165, 1.54) is 55.5 Å². The van der Waals surface area contributed by atoms with Crippen LogP contribution in [-0.4, -0.2) is 34.1 Å². The van der Waals surface area contributed by atoms with Crippen LogP contribution in [0.5, 0.6) is 0 Å². The maximum Gasteiger partial charge on any atom is 0.222 e. The molecule has 1 aromatic rings. The SMILES string of the molecule is O=C(CCC1CCCC1)N1CCc2[nH]nc(C3CC3)c2CC1. The molecule has 0 aromatic carbocycles. The maximum absolute atomic E-state index is 12.5. The maximum atomic E-state index is 12.5. The van der Waals surface area contributed by atoms with Crippen molar-refractivity contribution in [1.82, 2.24) is 15.1 Å². The number of carbonyl (C=O) groups is 1. The monoisotopic (exact) mass is 301 g/mol. The molecule has 0 radical (unpaired) electrons. The molecular weight excluding hydrogens is 274 g/mol. The minimum Gasteiger partial charge on any atom is -0.342 e. The van der Waals surface area contributed by atoms with Crippen LogP contribution in [0.3, 0.4) is 0 Å². The van der Waals surface area contributed by atoms with Gasteiger partial charge < -0.3 is 4.90 Å². The first-order valence-electron chi connectivity index (χ1n) is 9.15. The molecule has 22 heavy (non-hydrogen) atoms. The van der Waals surface area contributed by atoms with Crippen molar-refractivity contribution in [2.75, 3.05) is 13.1 Å². The van der Waals surface area contributed by atoms with Crippen molar-refractivity contribution in [3.05, 3.63) is 17.0 Å². The smallest absolute Gasteiger partial charge is 0.222 e. The first-order chi connectivity index (χ1) is 10.8. The first kappa shape index (κ1) is 14.3. The van der Waals surface area contributed by atoms with Crippen molar-refractivity contribution < 1.29 is 4.79 Å². The van der Waals surface area contributed by atoms with E-state index < -0.39 is 0 Å². The minimum absolute atomic E-state index is 0.373. The van der Waals surface area contributed by atoms with Crippen LogP contribution in [0.15, 0.2) is 0 Å². The Morgan fingerprint density at radius 1 is 1.14 bits per heavy atom. The van der Waals surface area contributed by atoms with Gasteiger partial charge in [-0.1, -0.05) is 25.7 Å². The summed E-state index contributed by atoms with van der Waals surface area (Å²) in [6.45, 7) is 1.75. The third-order valence-corrected chi connectivity index (χ3v) is 5.81. The molecule has 3 aliphatic rings. The molecule has 4 rings (SSSR count). The molecule has 2 fully saturated rings. The fourth-order valence-corrected chi connectivity index (χ4v) is 4.24. The summed E-state index contributed by atoms with van der Waals surface area (Å²) < 4.78 is 0. The zero-order valence-electron chi connectivity index (χ0n) is 13.4. The molecule has 2 aliphatic carbocycles. The number of aromatic amines is 1. The van der Waals surface area contributed by atoms with Gasteiger partial charge >= 0.3 is 0 Å². The molecular formula is C18H27N3O. The Morgan fingerprint density at radius 2 is 1.91 bits per heavy atom. The molecule has 4 heteroatoms. The third kappa shape index (κ3) is 2.92. The molecule has 0 unspecified atom stereocenters. The molecule has 4 nitrogen and oxygen atoms in total. The second-order valence-corrected chi connectivity index (χ2v) is 7.41. The number of nitrogens with one attached hydrogen (secondary N) is 1. The highest BCUT2D eigenvalue weighted by Gasteiger charge is 2.31. The number of aromatic nitrogens is 2. The van der Waals surface area contributed by atoms with E-state index in [0.29, 0.717) is 11.8 Å². The number of hydrogen-bond donors (Lipinski definition) is 1. The molecule has 1 N–H and O–H groups in total. The topological polar surface area (TPSA) is 49.0 Å². The average molecular weight is 301 g/mol. The van der Waals surface area contributed by atoms with Gasteiger partial charge in [-0.2, -0.15) is 5.10 Å². The number of carbonyl (C=O) groups excluding carboxylic acids is 1. The number of nitrogens with zero attached hydrogens (tertiary/aromatic N) is 2. The summed E-state index contributed by atoms with van der Waals surface area (Å²) in [7, 11) is 0. The van der Waals surface area contributed by atoms with Gasteiger partial charge in [0, 0.05) is 37.5 Å². The normalized spacial score (nSPS) is 22.6. The molecule has 1 amide bonds. The van der Waals surface area contributed by atoms with Gasteiger partial charge in [0.15, 0.2) is 0 Å². The number of fused-ring (bicyclic) bond motifs is 1. The van der Waals surface area contributed by atoms with Gasteiger partial charge in [-0.25, -0.2) is 0 Å². The average Bonchev–Trinajstić information content (AvgIpc) is 3.16. The quantitative estimate of drug-likeness (QED) is 0.928. The van der Waals surface area contributed by atoms with Crippen LogP contribution < -0.4 is 0 Å². The summed E-state index contributed by atoms with van der Waals surface area (Å²) >= 11 is 0. The van der Waals surface area contributed by atoms with Crippen LogP contribution in [0.25, 0.3) is 0 Å². The summed E-state index contributed by atoms with van der Waals surface area (Å²) in [5.41, 5.74) is 4.01. The summed E-state index contributed by atoms with van der Waals surface area (Å²) in [5.74, 6) is 1.89. The molecule has 1 aromatic heterocycles. The molecule has 1 aliphatic heterocycles. The van der Waals surface area contributed by atoms with E-state index in [2.05, 4.69) is 15.1 Å². The van der Waals surface area contributed by atoms with Gasteiger partial charge in [0.25, 0.3) is 0 Å². The lowest BCUT2D eigenvalue weighted by molar-refractivity contribution is -0.131. The molecule has 0 saturated heterocycles. The molecule has 0 atom stereocenters. The van der Waals surface area contributed by atoms with Gasteiger partial charge in [0.05, 0.1) is 5.69 Å². The lowest BCUT2D eigenvalue weighted by atomic mass is 10.0.